The highest BCUT2D eigenvalue weighted by molar-refractivity contribution is 7.89. The highest BCUT2D eigenvalue weighted by Gasteiger charge is 2.34. The average molecular weight is 474 g/mol. The quantitative estimate of drug-likeness (QED) is 0.594. The first-order valence-corrected chi connectivity index (χ1v) is 12.0. The van der Waals surface area contributed by atoms with E-state index in [1.807, 2.05) is 54.6 Å². The molecule has 1 N–H and O–H groups in total. The van der Waals surface area contributed by atoms with Gasteiger partial charge in [-0.1, -0.05) is 54.1 Å². The van der Waals surface area contributed by atoms with Gasteiger partial charge in [0.1, 0.15) is 0 Å². The number of amides is 1. The van der Waals surface area contributed by atoms with E-state index in [4.69, 9.17) is 11.6 Å². The smallest absolute Gasteiger partial charge is 0.263 e. The van der Waals surface area contributed by atoms with Gasteiger partial charge < -0.3 is 10.2 Å². The molecule has 168 valence electrons. The molecule has 1 aliphatic rings. The van der Waals surface area contributed by atoms with Crippen LogP contribution >= 0.6 is 11.6 Å². The van der Waals surface area contributed by atoms with Crippen LogP contribution in [0.2, 0.25) is 5.02 Å². The lowest BCUT2D eigenvalue weighted by Crippen LogP contribution is -2.49. The molecular formula is C22H24ClN5O3S. The summed E-state index contributed by atoms with van der Waals surface area (Å²) in [6.07, 6.45) is 1.44. The number of sulfonamides is 1. The zero-order valence-electron chi connectivity index (χ0n) is 17.6. The van der Waals surface area contributed by atoms with E-state index in [2.05, 4.69) is 15.3 Å². The van der Waals surface area contributed by atoms with E-state index in [1.54, 1.807) is 7.05 Å². The molecule has 10 heteroatoms. The van der Waals surface area contributed by atoms with Crippen LogP contribution in [0.1, 0.15) is 15.9 Å². The fourth-order valence-electron chi connectivity index (χ4n) is 3.69. The molecule has 2 aromatic carbocycles. The van der Waals surface area contributed by atoms with Crippen LogP contribution in [0.15, 0.2) is 65.8 Å². The van der Waals surface area contributed by atoms with Crippen LogP contribution in [-0.2, 0) is 23.6 Å². The summed E-state index contributed by atoms with van der Waals surface area (Å²) in [6.45, 7) is 1.83. The molecule has 1 amide bonds. The Balaban J connectivity index is 1.48. The van der Waals surface area contributed by atoms with E-state index in [9.17, 15) is 13.2 Å². The zero-order chi connectivity index (χ0) is 22.7. The Kier molecular flexibility index (Phi) is 6.50. The van der Waals surface area contributed by atoms with Crippen LogP contribution in [0.25, 0.3) is 0 Å². The molecule has 0 radical (unpaired) electrons. The van der Waals surface area contributed by atoms with Crippen molar-refractivity contribution in [2.75, 3.05) is 31.1 Å². The summed E-state index contributed by atoms with van der Waals surface area (Å²) < 4.78 is 29.4. The molecule has 0 bridgehead atoms. The van der Waals surface area contributed by atoms with E-state index >= 15 is 0 Å². The number of hydrogen-bond acceptors (Lipinski definition) is 5. The van der Waals surface area contributed by atoms with Crippen LogP contribution in [0, 0.1) is 0 Å². The van der Waals surface area contributed by atoms with Gasteiger partial charge in [-0.15, -0.1) is 0 Å². The largest absolute Gasteiger partial charge is 0.368 e. The second kappa shape index (κ2) is 9.32. The molecule has 0 unspecified atom stereocenters. The number of halogens is 1. The van der Waals surface area contributed by atoms with E-state index in [0.29, 0.717) is 24.7 Å². The molecule has 0 saturated carbocycles. The third kappa shape index (κ3) is 4.64. The molecule has 1 aromatic heterocycles. The summed E-state index contributed by atoms with van der Waals surface area (Å²) in [5.74, 6) is -0.477. The Morgan fingerprint density at radius 2 is 1.69 bits per heavy atom. The maximum absolute atomic E-state index is 13.3. The number of aromatic nitrogens is 2. The van der Waals surface area contributed by atoms with Crippen LogP contribution in [0.4, 0.5) is 5.69 Å². The molecule has 8 nitrogen and oxygen atoms in total. The summed E-state index contributed by atoms with van der Waals surface area (Å²) >= 11 is 6.28. The lowest BCUT2D eigenvalue weighted by Gasteiger charge is -2.35. The van der Waals surface area contributed by atoms with Gasteiger partial charge in [0.15, 0.2) is 0 Å². The van der Waals surface area contributed by atoms with Gasteiger partial charge in [-0.25, -0.2) is 8.42 Å². The van der Waals surface area contributed by atoms with Crippen molar-refractivity contribution in [3.8, 4) is 0 Å². The number of carbonyl (C=O) groups is 1. The molecule has 1 aliphatic heterocycles. The minimum atomic E-state index is -3.93. The Morgan fingerprint density at radius 1 is 1.03 bits per heavy atom. The van der Waals surface area contributed by atoms with E-state index < -0.39 is 15.9 Å². The molecule has 3 aromatic rings. The van der Waals surface area contributed by atoms with Gasteiger partial charge in [0, 0.05) is 46.0 Å². The number of anilines is 1. The Bertz CT molecular complexity index is 1210. The van der Waals surface area contributed by atoms with E-state index in [0.717, 1.165) is 11.3 Å². The van der Waals surface area contributed by atoms with Crippen molar-refractivity contribution < 1.29 is 13.2 Å². The summed E-state index contributed by atoms with van der Waals surface area (Å²) in [5, 5.41) is 7.30. The van der Waals surface area contributed by atoms with Crippen LogP contribution in [0.5, 0.6) is 0 Å². The second-order valence-electron chi connectivity index (χ2n) is 7.53. The minimum Gasteiger partial charge on any atom is -0.368 e. The van der Waals surface area contributed by atoms with Crippen molar-refractivity contribution in [3.63, 3.8) is 0 Å². The predicted octanol–water partition coefficient (Wildman–Crippen LogP) is 2.51. The third-order valence-corrected chi connectivity index (χ3v) is 7.51. The van der Waals surface area contributed by atoms with Crippen molar-refractivity contribution in [2.24, 2.45) is 7.05 Å². The number of piperazine rings is 1. The lowest BCUT2D eigenvalue weighted by molar-refractivity contribution is 0.0947. The van der Waals surface area contributed by atoms with Gasteiger partial charge in [-0.2, -0.15) is 9.40 Å². The molecule has 32 heavy (non-hydrogen) atoms. The molecule has 0 atom stereocenters. The number of hydrogen-bond donors (Lipinski definition) is 1. The van der Waals surface area contributed by atoms with Crippen LogP contribution in [0.3, 0.4) is 0 Å². The first kappa shape index (κ1) is 22.3. The van der Waals surface area contributed by atoms with Gasteiger partial charge in [0.2, 0.25) is 5.03 Å². The third-order valence-electron chi connectivity index (χ3n) is 5.35. The lowest BCUT2D eigenvalue weighted by atomic mass is 10.2. The molecule has 0 aliphatic carbocycles. The minimum absolute atomic E-state index is 0.0389. The molecule has 1 saturated heterocycles. The topological polar surface area (TPSA) is 87.5 Å². The maximum atomic E-state index is 13.3. The maximum Gasteiger partial charge on any atom is 0.263 e. The van der Waals surface area contributed by atoms with E-state index in [-0.39, 0.29) is 23.7 Å². The van der Waals surface area contributed by atoms with Crippen molar-refractivity contribution in [1.82, 2.24) is 19.4 Å². The van der Waals surface area contributed by atoms with Crippen molar-refractivity contribution >= 4 is 33.2 Å². The number of benzene rings is 2. The SMILES string of the molecule is Cn1cc(C(=O)NCc2ccccc2)c(S(=O)(=O)N2CCN(c3ccccc3Cl)CC2)n1. The highest BCUT2D eigenvalue weighted by atomic mass is 35.5. The van der Waals surface area contributed by atoms with Gasteiger partial charge >= 0.3 is 0 Å². The summed E-state index contributed by atoms with van der Waals surface area (Å²) in [5.41, 5.74) is 1.84. The van der Waals surface area contributed by atoms with Crippen LogP contribution in [-0.4, -0.2) is 54.6 Å². The number of carbonyl (C=O) groups excluding carboxylic acids is 1. The summed E-state index contributed by atoms with van der Waals surface area (Å²) in [6, 6.07) is 16.9. The van der Waals surface area contributed by atoms with Crippen molar-refractivity contribution in [1.29, 1.82) is 0 Å². The van der Waals surface area contributed by atoms with Crippen molar-refractivity contribution in [2.45, 2.75) is 11.6 Å². The highest BCUT2D eigenvalue weighted by Crippen LogP contribution is 2.27. The zero-order valence-corrected chi connectivity index (χ0v) is 19.2. The molecular weight excluding hydrogens is 450 g/mol. The number of aryl methyl sites for hydroxylation is 1. The fourth-order valence-corrected chi connectivity index (χ4v) is 5.49. The standard InChI is InChI=1S/C22H24ClN5O3S/c1-26-16-18(21(29)24-15-17-7-3-2-4-8-17)22(25-26)32(30,31)28-13-11-27(12-14-28)20-10-6-5-9-19(20)23/h2-10,16H,11-15H2,1H3,(H,24,29). The van der Waals surface area contributed by atoms with Gasteiger partial charge in [-0.3, -0.25) is 9.48 Å². The fraction of sp³-hybridized carbons (Fsp3) is 0.273. The number of nitrogens with one attached hydrogen (secondary N) is 1. The number of nitrogens with zero attached hydrogens (tertiary/aromatic N) is 4. The first-order chi connectivity index (χ1) is 15.4. The monoisotopic (exact) mass is 473 g/mol. The Hall–Kier alpha value is -2.88. The first-order valence-electron chi connectivity index (χ1n) is 10.2. The molecule has 0 spiro atoms. The average Bonchev–Trinajstić information content (AvgIpc) is 3.21. The molecule has 1 fully saturated rings. The van der Waals surface area contributed by atoms with Crippen LogP contribution < -0.4 is 10.2 Å². The van der Waals surface area contributed by atoms with Crippen molar-refractivity contribution in [3.05, 3.63) is 76.9 Å². The number of para-hydroxylation sites is 1. The van der Waals surface area contributed by atoms with E-state index in [1.165, 1.54) is 15.2 Å². The second-order valence-corrected chi connectivity index (χ2v) is 9.79. The summed E-state index contributed by atoms with van der Waals surface area (Å²) in [4.78, 5) is 14.8. The molecule has 2 heterocycles. The Labute approximate surface area is 192 Å². The molecule has 4 rings (SSSR count). The Morgan fingerprint density at radius 3 is 2.38 bits per heavy atom. The number of rotatable bonds is 6. The van der Waals surface area contributed by atoms with Gasteiger partial charge in [0.25, 0.3) is 15.9 Å². The van der Waals surface area contributed by atoms with Gasteiger partial charge in [0.05, 0.1) is 16.3 Å². The normalized spacial score (nSPS) is 15.0. The predicted molar refractivity (Wildman–Crippen MR) is 123 cm³/mol. The van der Waals surface area contributed by atoms with Gasteiger partial charge in [-0.05, 0) is 17.7 Å². The summed E-state index contributed by atoms with van der Waals surface area (Å²) in [7, 11) is -2.34.